The van der Waals surface area contributed by atoms with Gasteiger partial charge in [-0.1, -0.05) is 35.9 Å². The van der Waals surface area contributed by atoms with Gasteiger partial charge >= 0.3 is 0 Å². The number of aryl methyl sites for hydroxylation is 2. The van der Waals surface area contributed by atoms with Crippen molar-refractivity contribution in [2.24, 2.45) is 0 Å². The predicted octanol–water partition coefficient (Wildman–Crippen LogP) is 4.11. The molecule has 0 unspecified atom stereocenters. The quantitative estimate of drug-likeness (QED) is 0.284. The van der Waals surface area contributed by atoms with Gasteiger partial charge in [0.15, 0.2) is 11.5 Å². The summed E-state index contributed by atoms with van der Waals surface area (Å²) < 4.78 is 13.1. The van der Waals surface area contributed by atoms with Gasteiger partial charge in [-0.25, -0.2) is 4.98 Å². The van der Waals surface area contributed by atoms with Crippen LogP contribution in [0.1, 0.15) is 36.1 Å². The number of ether oxygens (including phenoxy) is 2. The molecule has 8 nitrogen and oxygen atoms in total. The van der Waals surface area contributed by atoms with Crippen molar-refractivity contribution in [1.82, 2.24) is 14.5 Å². The van der Waals surface area contributed by atoms with Crippen molar-refractivity contribution in [1.29, 1.82) is 0 Å². The van der Waals surface area contributed by atoms with Crippen molar-refractivity contribution in [3.63, 3.8) is 0 Å². The number of amides is 1. The highest BCUT2D eigenvalue weighted by Gasteiger charge is 2.46. The lowest BCUT2D eigenvalue weighted by molar-refractivity contribution is -0.139. The molecule has 0 aliphatic carbocycles. The van der Waals surface area contributed by atoms with E-state index in [1.165, 1.54) is 12.0 Å². The maximum atomic E-state index is 13.2. The fourth-order valence-corrected chi connectivity index (χ4v) is 4.30. The molecule has 1 aliphatic heterocycles. The summed E-state index contributed by atoms with van der Waals surface area (Å²) in [6.07, 6.45) is 5.86. The average molecular weight is 476 g/mol. The molecule has 1 aliphatic rings. The van der Waals surface area contributed by atoms with E-state index < -0.39 is 17.7 Å². The highest BCUT2D eigenvalue weighted by Crippen LogP contribution is 2.42. The molecule has 0 saturated carbocycles. The largest absolute Gasteiger partial charge is 0.507 e. The van der Waals surface area contributed by atoms with E-state index in [0.29, 0.717) is 48.7 Å². The summed E-state index contributed by atoms with van der Waals surface area (Å²) in [5, 5.41) is 11.2. The molecule has 0 spiro atoms. The van der Waals surface area contributed by atoms with Crippen molar-refractivity contribution in [2.45, 2.75) is 32.9 Å². The van der Waals surface area contributed by atoms with Gasteiger partial charge in [0.2, 0.25) is 0 Å². The second-order valence-electron chi connectivity index (χ2n) is 8.36. The first-order valence-corrected chi connectivity index (χ1v) is 11.6. The molecule has 8 heteroatoms. The maximum absolute atomic E-state index is 13.2. The Morgan fingerprint density at radius 3 is 2.51 bits per heavy atom. The van der Waals surface area contributed by atoms with Crippen LogP contribution in [-0.2, 0) is 16.1 Å². The molecular weight excluding hydrogens is 446 g/mol. The number of carbonyl (C=O) groups is 2. The normalized spacial score (nSPS) is 17.1. The van der Waals surface area contributed by atoms with Crippen molar-refractivity contribution >= 4 is 17.4 Å². The molecular formula is C27H29N3O5. The SMILES string of the molecule is CCOc1ccc([C@@H]2C(=C(O)c3ccc(C)cc3)C(=O)C(=O)N2CCCn2ccnc2)cc1OC. The Balaban J connectivity index is 1.77. The van der Waals surface area contributed by atoms with Crippen LogP contribution in [0.3, 0.4) is 0 Å². The monoisotopic (exact) mass is 475 g/mol. The molecule has 2 heterocycles. The van der Waals surface area contributed by atoms with E-state index >= 15 is 0 Å². The molecule has 0 bridgehead atoms. The van der Waals surface area contributed by atoms with Crippen LogP contribution >= 0.6 is 0 Å². The van der Waals surface area contributed by atoms with Gasteiger partial charge in [0.25, 0.3) is 11.7 Å². The number of carbonyl (C=O) groups excluding carboxylic acids is 2. The highest BCUT2D eigenvalue weighted by molar-refractivity contribution is 6.46. The number of ketones is 1. The molecule has 1 atom stereocenters. The zero-order chi connectivity index (χ0) is 24.9. The molecule has 4 rings (SSSR count). The molecule has 1 amide bonds. The Hall–Kier alpha value is -4.07. The van der Waals surface area contributed by atoms with Gasteiger partial charge in [0.05, 0.1) is 31.7 Å². The van der Waals surface area contributed by atoms with Gasteiger partial charge < -0.3 is 24.0 Å². The molecule has 1 saturated heterocycles. The molecule has 0 radical (unpaired) electrons. The van der Waals surface area contributed by atoms with Crippen LogP contribution < -0.4 is 9.47 Å². The Kier molecular flexibility index (Phi) is 7.19. The second kappa shape index (κ2) is 10.5. The number of Topliss-reactive ketones (excluding diaryl/α,β-unsaturated/α-hetero) is 1. The summed E-state index contributed by atoms with van der Waals surface area (Å²) in [5.41, 5.74) is 2.22. The fraction of sp³-hybridized carbons (Fsp3) is 0.296. The van der Waals surface area contributed by atoms with Crippen LogP contribution in [0.15, 0.2) is 66.8 Å². The lowest BCUT2D eigenvalue weighted by Crippen LogP contribution is -2.31. The minimum Gasteiger partial charge on any atom is -0.507 e. The smallest absolute Gasteiger partial charge is 0.295 e. The number of benzene rings is 2. The number of likely N-dealkylation sites (tertiary alicyclic amines) is 1. The number of hydrogen-bond donors (Lipinski definition) is 1. The van der Waals surface area contributed by atoms with Gasteiger partial charge in [-0.15, -0.1) is 0 Å². The van der Waals surface area contributed by atoms with Crippen LogP contribution in [0.5, 0.6) is 11.5 Å². The van der Waals surface area contributed by atoms with Crippen LogP contribution in [0.2, 0.25) is 0 Å². The standard InChI is InChI=1S/C27H29N3O5/c1-4-35-21-11-10-20(16-22(21)34-3)24-23(25(31)19-8-6-18(2)7-9-19)26(32)27(33)30(24)14-5-13-29-15-12-28-17-29/h6-12,15-17,24,31H,4-5,13-14H2,1-3H3/t24-/m1/s1. The van der Waals surface area contributed by atoms with Gasteiger partial charge in [-0.3, -0.25) is 9.59 Å². The summed E-state index contributed by atoms with van der Waals surface area (Å²) in [5.74, 6) is -0.484. The number of imidazole rings is 1. The van der Waals surface area contributed by atoms with E-state index in [0.717, 1.165) is 5.56 Å². The predicted molar refractivity (Wildman–Crippen MR) is 131 cm³/mol. The fourth-order valence-electron chi connectivity index (χ4n) is 4.30. The van der Waals surface area contributed by atoms with Gasteiger partial charge in [-0.05, 0) is 38.0 Å². The van der Waals surface area contributed by atoms with Crippen molar-refractivity contribution < 1.29 is 24.2 Å². The van der Waals surface area contributed by atoms with Gasteiger partial charge in [0, 0.05) is 31.0 Å². The number of hydrogen-bond acceptors (Lipinski definition) is 6. The Labute approximate surface area is 204 Å². The van der Waals surface area contributed by atoms with Crippen molar-refractivity contribution in [3.8, 4) is 11.5 Å². The summed E-state index contributed by atoms with van der Waals surface area (Å²) in [6, 6.07) is 11.7. The number of methoxy groups -OCH3 is 1. The molecule has 1 aromatic heterocycles. The number of aromatic nitrogens is 2. The number of nitrogens with zero attached hydrogens (tertiary/aromatic N) is 3. The van der Waals surface area contributed by atoms with Crippen molar-refractivity contribution in [2.75, 3.05) is 20.3 Å². The third-order valence-corrected chi connectivity index (χ3v) is 6.04. The first kappa shape index (κ1) is 24.1. The molecule has 1 fully saturated rings. The second-order valence-corrected chi connectivity index (χ2v) is 8.36. The Morgan fingerprint density at radius 2 is 1.86 bits per heavy atom. The molecule has 1 N–H and O–H groups in total. The number of aliphatic hydroxyl groups excluding tert-OH is 1. The lowest BCUT2D eigenvalue weighted by Gasteiger charge is -2.26. The summed E-state index contributed by atoms with van der Waals surface area (Å²) in [7, 11) is 1.54. The Morgan fingerprint density at radius 1 is 1.09 bits per heavy atom. The first-order valence-electron chi connectivity index (χ1n) is 11.6. The highest BCUT2D eigenvalue weighted by atomic mass is 16.5. The minimum atomic E-state index is -0.760. The molecule has 35 heavy (non-hydrogen) atoms. The number of aliphatic hydroxyl groups is 1. The van der Waals surface area contributed by atoms with E-state index in [1.54, 1.807) is 42.9 Å². The third kappa shape index (κ3) is 4.91. The van der Waals surface area contributed by atoms with Gasteiger partial charge in [0.1, 0.15) is 5.76 Å². The summed E-state index contributed by atoms with van der Waals surface area (Å²) in [4.78, 5) is 31.9. The van der Waals surface area contributed by atoms with Crippen LogP contribution in [-0.4, -0.2) is 51.5 Å². The zero-order valence-corrected chi connectivity index (χ0v) is 20.1. The molecule has 2 aromatic carbocycles. The van der Waals surface area contributed by atoms with Crippen LogP contribution in [0.25, 0.3) is 5.76 Å². The molecule has 3 aromatic rings. The average Bonchev–Trinajstić information content (AvgIpc) is 3.47. The van der Waals surface area contributed by atoms with Crippen LogP contribution in [0, 0.1) is 6.92 Å². The van der Waals surface area contributed by atoms with Crippen molar-refractivity contribution in [3.05, 3.63) is 83.4 Å². The first-order chi connectivity index (χ1) is 16.9. The van der Waals surface area contributed by atoms with E-state index in [1.807, 2.05) is 36.7 Å². The van der Waals surface area contributed by atoms with E-state index in [2.05, 4.69) is 4.98 Å². The van der Waals surface area contributed by atoms with E-state index in [9.17, 15) is 14.7 Å². The third-order valence-electron chi connectivity index (χ3n) is 6.04. The Bertz CT molecular complexity index is 1230. The minimum absolute atomic E-state index is 0.0627. The summed E-state index contributed by atoms with van der Waals surface area (Å²) >= 11 is 0. The number of rotatable bonds is 9. The lowest BCUT2D eigenvalue weighted by atomic mass is 9.94. The van der Waals surface area contributed by atoms with E-state index in [-0.39, 0.29) is 11.3 Å². The van der Waals surface area contributed by atoms with E-state index in [4.69, 9.17) is 9.47 Å². The summed E-state index contributed by atoms with van der Waals surface area (Å²) in [6.45, 7) is 5.25. The van der Waals surface area contributed by atoms with Gasteiger partial charge in [-0.2, -0.15) is 0 Å². The maximum Gasteiger partial charge on any atom is 0.295 e. The zero-order valence-electron chi connectivity index (χ0n) is 20.1. The molecule has 182 valence electrons. The van der Waals surface area contributed by atoms with Crippen LogP contribution in [0.4, 0.5) is 0 Å². The topological polar surface area (TPSA) is 93.9 Å².